The number of fused-ring (bicyclic) bond motifs is 1. The van der Waals surface area contributed by atoms with Gasteiger partial charge in [-0.3, -0.25) is 19.0 Å². The van der Waals surface area contributed by atoms with E-state index in [-0.39, 0.29) is 35.2 Å². The summed E-state index contributed by atoms with van der Waals surface area (Å²) in [5, 5.41) is 2.50. The molecule has 6 nitrogen and oxygen atoms in total. The Labute approximate surface area is 136 Å². The Morgan fingerprint density at radius 2 is 2.22 bits per heavy atom. The summed E-state index contributed by atoms with van der Waals surface area (Å²) in [6.45, 7) is -2.94. The molecule has 1 atom stereocenters. The van der Waals surface area contributed by atoms with Crippen LogP contribution in [0.1, 0.15) is 36.6 Å². The molecule has 23 heavy (non-hydrogen) atoms. The number of nitrogens with zero attached hydrogens (tertiary/aromatic N) is 2. The molecular weight excluding hydrogens is 301 g/mol. The number of hydrogen-bond acceptors (Lipinski definition) is 5. The summed E-state index contributed by atoms with van der Waals surface area (Å²) < 4.78 is 46.0. The molecule has 1 saturated carbocycles. The van der Waals surface area contributed by atoms with Crippen LogP contribution in [0.3, 0.4) is 0 Å². The minimum Gasteiger partial charge on any atom is -0.387 e. The molecule has 0 bridgehead atoms. The molecule has 1 aliphatic rings. The number of carbonyl (C=O) groups excluding carboxylic acids is 2. The number of aromatic nitrogens is 2. The highest BCUT2D eigenvalue weighted by Crippen LogP contribution is 2.26. The first-order valence-corrected chi connectivity index (χ1v) is 6.99. The van der Waals surface area contributed by atoms with E-state index in [9.17, 15) is 18.8 Å². The molecular formula is C16H16FN3O3. The zero-order valence-electron chi connectivity index (χ0n) is 16.3. The molecule has 1 aromatic carbocycles. The number of anilines is 1. The van der Waals surface area contributed by atoms with Crippen molar-refractivity contribution in [3.8, 4) is 0 Å². The van der Waals surface area contributed by atoms with Crippen LogP contribution in [0.25, 0.3) is 10.9 Å². The van der Waals surface area contributed by atoms with Gasteiger partial charge in [0.15, 0.2) is 5.78 Å². The second-order valence-electron chi connectivity index (χ2n) is 5.26. The third-order valence-corrected chi connectivity index (χ3v) is 3.80. The Morgan fingerprint density at radius 1 is 1.43 bits per heavy atom. The van der Waals surface area contributed by atoms with Crippen LogP contribution in [0.5, 0.6) is 0 Å². The molecule has 0 spiro atoms. The summed E-state index contributed by atoms with van der Waals surface area (Å²) in [5.74, 6) is -2.77. The lowest BCUT2D eigenvalue weighted by Gasteiger charge is -2.24. The van der Waals surface area contributed by atoms with E-state index in [0.717, 1.165) is 12.1 Å². The van der Waals surface area contributed by atoms with Gasteiger partial charge in [-0.25, -0.2) is 9.37 Å². The van der Waals surface area contributed by atoms with Crippen molar-refractivity contribution in [1.82, 2.24) is 9.55 Å². The Kier molecular flexibility index (Phi) is 2.67. The number of ketones is 2. The summed E-state index contributed by atoms with van der Waals surface area (Å²) in [6, 6.07) is -0.317. The number of Topliss-reactive ketones (excluding diaryl/α,β-unsaturated/α-hetero) is 2. The number of nitrogens with one attached hydrogen (secondary N) is 1. The Morgan fingerprint density at radius 3 is 2.87 bits per heavy atom. The maximum Gasteiger partial charge on any atom is 0.264 e. The summed E-state index contributed by atoms with van der Waals surface area (Å²) in [7, 11) is 1.44. The van der Waals surface area contributed by atoms with Crippen molar-refractivity contribution in [1.29, 1.82) is 0 Å². The zero-order valence-corrected chi connectivity index (χ0v) is 12.3. The molecule has 1 N–H and O–H groups in total. The van der Waals surface area contributed by atoms with E-state index in [1.54, 1.807) is 0 Å². The highest BCUT2D eigenvalue weighted by Gasteiger charge is 2.31. The topological polar surface area (TPSA) is 81.1 Å². The van der Waals surface area contributed by atoms with E-state index >= 15 is 0 Å². The molecule has 0 unspecified atom stereocenters. The van der Waals surface area contributed by atoms with E-state index in [1.165, 1.54) is 7.05 Å². The number of benzene rings is 1. The quantitative estimate of drug-likeness (QED) is 0.852. The number of rotatable bonds is 2. The van der Waals surface area contributed by atoms with Crippen LogP contribution in [-0.2, 0) is 9.59 Å². The van der Waals surface area contributed by atoms with Gasteiger partial charge in [-0.2, -0.15) is 0 Å². The lowest BCUT2D eigenvalue weighted by Crippen LogP contribution is -2.36. The lowest BCUT2D eigenvalue weighted by atomic mass is 9.92. The predicted molar refractivity (Wildman–Crippen MR) is 83.1 cm³/mol. The van der Waals surface area contributed by atoms with Gasteiger partial charge in [-0.05, 0) is 19.3 Å². The van der Waals surface area contributed by atoms with E-state index in [0.29, 0.717) is 4.57 Å². The molecule has 0 amide bonds. The van der Waals surface area contributed by atoms with Crippen molar-refractivity contribution in [2.75, 3.05) is 12.4 Å². The molecule has 7 heteroatoms. The van der Waals surface area contributed by atoms with Crippen molar-refractivity contribution in [3.05, 3.63) is 34.1 Å². The third kappa shape index (κ3) is 2.52. The molecule has 1 aliphatic carbocycles. The van der Waals surface area contributed by atoms with Gasteiger partial charge in [-0.1, -0.05) is 0 Å². The van der Waals surface area contributed by atoms with Gasteiger partial charge in [0, 0.05) is 23.6 Å². The van der Waals surface area contributed by atoms with Gasteiger partial charge in [-0.15, -0.1) is 0 Å². The van der Waals surface area contributed by atoms with Crippen LogP contribution in [-0.4, -0.2) is 28.2 Å². The minimum atomic E-state index is -2.94. The van der Waals surface area contributed by atoms with Gasteiger partial charge in [0.1, 0.15) is 17.4 Å². The second-order valence-corrected chi connectivity index (χ2v) is 5.26. The van der Waals surface area contributed by atoms with Crippen molar-refractivity contribution in [2.24, 2.45) is 0 Å². The third-order valence-electron chi connectivity index (χ3n) is 3.80. The first-order chi connectivity index (χ1) is 12.5. The standard InChI is InChI=1S/C16H16FN3O3/c1-8-19-12-6-9(17)5-11(18-2)15(12)16(23)20(8)13-4-3-10(21)7-14(13)22/h5-6,13,18H,3-4,7H2,1-2H3/t13-/m0/s1/i1D3,13D. The first kappa shape index (κ1) is 11.0. The minimum absolute atomic E-state index is 0.0521. The highest BCUT2D eigenvalue weighted by atomic mass is 19.1. The van der Waals surface area contributed by atoms with Crippen molar-refractivity contribution in [3.63, 3.8) is 0 Å². The van der Waals surface area contributed by atoms with Gasteiger partial charge < -0.3 is 5.32 Å². The number of aryl methyl sites for hydroxylation is 1. The molecule has 1 aromatic heterocycles. The van der Waals surface area contributed by atoms with Crippen molar-refractivity contribution in [2.45, 2.75) is 32.1 Å². The average Bonchev–Trinajstić information content (AvgIpc) is 2.56. The van der Waals surface area contributed by atoms with E-state index in [1.807, 2.05) is 0 Å². The lowest BCUT2D eigenvalue weighted by molar-refractivity contribution is -0.132. The van der Waals surface area contributed by atoms with E-state index in [2.05, 4.69) is 10.3 Å². The highest BCUT2D eigenvalue weighted by molar-refractivity contribution is 6.03. The molecule has 3 rings (SSSR count). The Bertz CT molecular complexity index is 1030. The molecule has 2 aromatic rings. The second kappa shape index (κ2) is 5.57. The normalized spacial score (nSPS) is 24.8. The smallest absolute Gasteiger partial charge is 0.264 e. The van der Waals surface area contributed by atoms with Crippen LogP contribution in [0.15, 0.2) is 16.9 Å². The summed E-state index contributed by atoms with van der Waals surface area (Å²) in [6.07, 6.45) is -1.03. The van der Waals surface area contributed by atoms with Crippen LogP contribution in [0, 0.1) is 12.7 Å². The Balaban J connectivity index is 2.45. The number of hydrogen-bond donors (Lipinski definition) is 1. The molecule has 0 radical (unpaired) electrons. The summed E-state index contributed by atoms with van der Waals surface area (Å²) in [4.78, 5) is 41.1. The monoisotopic (exact) mass is 321 g/mol. The van der Waals surface area contributed by atoms with E-state index in [4.69, 9.17) is 5.48 Å². The van der Waals surface area contributed by atoms with Crippen LogP contribution < -0.4 is 10.9 Å². The molecule has 120 valence electrons. The van der Waals surface area contributed by atoms with Gasteiger partial charge in [0.05, 0.1) is 30.4 Å². The molecule has 0 saturated heterocycles. The van der Waals surface area contributed by atoms with Crippen molar-refractivity contribution >= 4 is 28.2 Å². The maximum absolute atomic E-state index is 13.8. The fourth-order valence-corrected chi connectivity index (χ4v) is 2.73. The molecule has 1 fully saturated rings. The number of halogens is 1. The van der Waals surface area contributed by atoms with Crippen LogP contribution in [0.2, 0.25) is 0 Å². The summed E-state index contributed by atoms with van der Waals surface area (Å²) in [5.41, 5.74) is -1.10. The molecule has 0 aliphatic heterocycles. The van der Waals surface area contributed by atoms with Gasteiger partial charge >= 0.3 is 0 Å². The first-order valence-electron chi connectivity index (χ1n) is 8.99. The predicted octanol–water partition coefficient (Wildman–Crippen LogP) is 1.75. The van der Waals surface area contributed by atoms with Gasteiger partial charge in [0.2, 0.25) is 0 Å². The van der Waals surface area contributed by atoms with Crippen molar-refractivity contribution < 1.29 is 19.5 Å². The maximum atomic E-state index is 13.8. The van der Waals surface area contributed by atoms with E-state index < -0.39 is 42.3 Å². The summed E-state index contributed by atoms with van der Waals surface area (Å²) >= 11 is 0. The SMILES string of the molecule is [2H]C([2H])([2H])c1nc2cc(F)cc(NC)c2c(=O)n1[C@@]1([2H])CCC(=O)CC1=O. The van der Waals surface area contributed by atoms with Crippen LogP contribution >= 0.6 is 0 Å². The van der Waals surface area contributed by atoms with Crippen LogP contribution in [0.4, 0.5) is 10.1 Å². The average molecular weight is 321 g/mol. The molecule has 1 heterocycles. The zero-order chi connectivity index (χ0) is 20.1. The Hall–Kier alpha value is -2.57. The van der Waals surface area contributed by atoms with Gasteiger partial charge in [0.25, 0.3) is 5.56 Å². The fraction of sp³-hybridized carbons (Fsp3) is 0.375. The largest absolute Gasteiger partial charge is 0.387 e. The number of carbonyl (C=O) groups is 2. The fourth-order valence-electron chi connectivity index (χ4n) is 2.73.